The van der Waals surface area contributed by atoms with E-state index in [2.05, 4.69) is 42.5 Å². The molecule has 75 heavy (non-hydrogen) atoms. The van der Waals surface area contributed by atoms with Crippen molar-refractivity contribution in [3.63, 3.8) is 0 Å². The number of rotatable bonds is 14. The minimum atomic E-state index is -1.97. The van der Waals surface area contributed by atoms with Crippen molar-refractivity contribution in [3.05, 3.63) is 54.1 Å². The van der Waals surface area contributed by atoms with Gasteiger partial charge in [-0.05, 0) is 48.9 Å². The molecule has 15 N–H and O–H groups in total. The van der Waals surface area contributed by atoms with Crippen LogP contribution in [0.25, 0.3) is 11.1 Å². The number of thioether (sulfide) groups is 2. The highest BCUT2D eigenvalue weighted by molar-refractivity contribution is 7.99. The second kappa shape index (κ2) is 30.4. The van der Waals surface area contributed by atoms with Gasteiger partial charge in [-0.3, -0.25) is 62.3 Å². The Labute approximate surface area is 436 Å². The summed E-state index contributed by atoms with van der Waals surface area (Å²) in [6.45, 7) is 1.18. The monoisotopic (exact) mass is 1090 g/mol. The zero-order valence-corrected chi connectivity index (χ0v) is 42.1. The molecule has 0 radical (unpaired) electrons. The molecule has 0 aromatic heterocycles. The van der Waals surface area contributed by atoms with Crippen LogP contribution in [0.3, 0.4) is 0 Å². The number of benzene rings is 2. The maximum absolute atomic E-state index is 13.8. The van der Waals surface area contributed by atoms with E-state index in [0.29, 0.717) is 21.6 Å². The molecule has 0 saturated carbocycles. The van der Waals surface area contributed by atoms with E-state index >= 15 is 0 Å². The topological polar surface area (TPSA) is 445 Å². The summed E-state index contributed by atoms with van der Waals surface area (Å²) in [5.74, 6) is -16.1. The SMILES string of the molecule is CC(=O)N[C@H]1CSCc2ccccc2-c2ccccc2SC[C@@H](C(N)=O)NC(=O)[C@H](CCC(=O)O)NC(=O)CNC(=O)[C@H]([C@@H](C)O)NC(=O)[C@H](CCC(=O)O)NC(=O)[C@H](CCC(=O)O)NC(=O)[C@H](CC(=O)O)NC1=O. The maximum atomic E-state index is 13.8. The van der Waals surface area contributed by atoms with Crippen LogP contribution in [-0.2, 0) is 68.1 Å². The largest absolute Gasteiger partial charge is 0.481 e. The molecule has 27 nitrogen and oxygen atoms in total. The summed E-state index contributed by atoms with van der Waals surface area (Å²) in [6.07, 6.45) is -7.07. The third-order valence-electron chi connectivity index (χ3n) is 10.9. The molecule has 0 fully saturated rings. The number of hydrogen-bond donors (Lipinski definition) is 14. The van der Waals surface area contributed by atoms with Gasteiger partial charge in [0.25, 0.3) is 0 Å². The molecule has 2 aromatic carbocycles. The summed E-state index contributed by atoms with van der Waals surface area (Å²) in [5, 5.41) is 66.6. The van der Waals surface area contributed by atoms with Gasteiger partial charge in [0.1, 0.15) is 42.3 Å². The molecule has 1 aliphatic heterocycles. The quantitative estimate of drug-likeness (QED) is 0.0906. The van der Waals surface area contributed by atoms with Gasteiger partial charge in [0, 0.05) is 48.3 Å². The second-order valence-electron chi connectivity index (χ2n) is 16.8. The van der Waals surface area contributed by atoms with Crippen molar-refractivity contribution in [2.24, 2.45) is 5.73 Å². The zero-order chi connectivity index (χ0) is 55.9. The van der Waals surface area contributed by atoms with Crippen LogP contribution in [0.15, 0.2) is 53.4 Å². The van der Waals surface area contributed by atoms with Crippen molar-refractivity contribution in [2.75, 3.05) is 18.1 Å². The van der Waals surface area contributed by atoms with Crippen LogP contribution < -0.4 is 48.3 Å². The van der Waals surface area contributed by atoms with E-state index in [0.717, 1.165) is 37.4 Å². The number of carboxylic acid groups (broad SMARTS) is 4. The van der Waals surface area contributed by atoms with Crippen LogP contribution in [0, 0.1) is 0 Å². The number of aliphatic hydroxyl groups excluding tert-OH is 1. The van der Waals surface area contributed by atoms with Gasteiger partial charge >= 0.3 is 23.9 Å². The third kappa shape index (κ3) is 21.3. The summed E-state index contributed by atoms with van der Waals surface area (Å²) < 4.78 is 0. The summed E-state index contributed by atoms with van der Waals surface area (Å²) >= 11 is 2.26. The van der Waals surface area contributed by atoms with Crippen molar-refractivity contribution < 1.29 is 87.9 Å². The Morgan fingerprint density at radius 2 is 1.12 bits per heavy atom. The van der Waals surface area contributed by atoms with E-state index in [4.69, 9.17) is 5.73 Å². The molecule has 9 amide bonds. The van der Waals surface area contributed by atoms with Gasteiger partial charge in [0.15, 0.2) is 0 Å². The highest BCUT2D eigenvalue weighted by Gasteiger charge is 2.35. The Hall–Kier alpha value is -7.79. The first-order valence-corrected chi connectivity index (χ1v) is 25.1. The van der Waals surface area contributed by atoms with E-state index in [-0.39, 0.29) is 17.3 Å². The minimum absolute atomic E-state index is 0.160. The number of carbonyl (C=O) groups is 13. The molecule has 0 spiro atoms. The Morgan fingerprint density at radius 1 is 0.627 bits per heavy atom. The molecule has 2 aromatic rings. The first-order chi connectivity index (χ1) is 35.4. The summed E-state index contributed by atoms with van der Waals surface area (Å²) in [4.78, 5) is 168. The number of aliphatic carboxylic acids is 4. The van der Waals surface area contributed by atoms with Crippen LogP contribution >= 0.6 is 23.5 Å². The number of fused-ring (bicyclic) bond motifs is 3. The fraction of sp³-hybridized carbons (Fsp3) is 0.457. The number of aliphatic hydroxyl groups is 1. The molecule has 29 heteroatoms. The standard InChI is InChI=1S/C46H59N9O18S2/c1-22(56)39-46(73)48-18-34(58)50-27(11-14-35(59)60)41(68)54-31(40(47)67)21-75-33-10-6-5-9-26(33)25-8-4-3-7-24(25)19-74-20-32(49-23(2)57)45(72)53-30(17-38(65)66)44(71)52-28(12-15-36(61)62)42(69)51-29(43(70)55-39)13-16-37(63)64/h3-10,22,27-32,39,56H,11-21H2,1-2H3,(H2,47,67)(H,48,73)(H,49,57)(H,50,58)(H,51,69)(H,52,71)(H,53,72)(H,54,68)(H,55,70)(H,59,60)(H,61,62)(H,63,64)(H,65,66)/t22-,27+,28+,29+,30+,31+,32+,39+/m1/s1. The Kier molecular flexibility index (Phi) is 24.9. The first-order valence-electron chi connectivity index (χ1n) is 22.9. The third-order valence-corrected chi connectivity index (χ3v) is 13.1. The number of hydrogen-bond acceptors (Lipinski definition) is 16. The fourth-order valence-electron chi connectivity index (χ4n) is 7.07. The molecule has 0 saturated heterocycles. The Balaban J connectivity index is 2.13. The van der Waals surface area contributed by atoms with Gasteiger partial charge in [-0.1, -0.05) is 42.5 Å². The van der Waals surface area contributed by atoms with Crippen molar-refractivity contribution in [1.29, 1.82) is 0 Å². The molecular formula is C46H59N9O18S2. The van der Waals surface area contributed by atoms with Crippen LogP contribution in [0.5, 0.6) is 0 Å². The second-order valence-corrected chi connectivity index (χ2v) is 18.9. The number of primary amides is 1. The fourth-order valence-corrected chi connectivity index (χ4v) is 9.23. The summed E-state index contributed by atoms with van der Waals surface area (Å²) in [7, 11) is 0. The molecule has 1 aliphatic rings. The van der Waals surface area contributed by atoms with Crippen molar-refractivity contribution in [2.45, 2.75) is 118 Å². The van der Waals surface area contributed by atoms with E-state index in [1.165, 1.54) is 0 Å². The Bertz CT molecular complexity index is 2480. The molecular weight excluding hydrogens is 1030 g/mol. The van der Waals surface area contributed by atoms with Crippen LogP contribution in [-0.4, -0.2) is 169 Å². The number of nitrogens with one attached hydrogen (secondary N) is 8. The van der Waals surface area contributed by atoms with E-state index in [9.17, 15) is 87.9 Å². The van der Waals surface area contributed by atoms with Gasteiger partial charge < -0.3 is 73.8 Å². The predicted octanol–water partition coefficient (Wildman–Crippen LogP) is -2.84. The molecule has 0 bridgehead atoms. The molecule has 0 unspecified atom stereocenters. The molecule has 3 rings (SSSR count). The van der Waals surface area contributed by atoms with Crippen LogP contribution in [0.1, 0.15) is 64.4 Å². The van der Waals surface area contributed by atoms with Gasteiger partial charge in [0.05, 0.1) is 19.1 Å². The molecule has 0 aliphatic carbocycles. The van der Waals surface area contributed by atoms with Gasteiger partial charge in [0.2, 0.25) is 53.2 Å². The maximum Gasteiger partial charge on any atom is 0.305 e. The van der Waals surface area contributed by atoms with Gasteiger partial charge in [-0.25, -0.2) is 0 Å². The van der Waals surface area contributed by atoms with Crippen LogP contribution in [0.2, 0.25) is 0 Å². The number of carboxylic acids is 4. The van der Waals surface area contributed by atoms with Crippen molar-refractivity contribution in [1.82, 2.24) is 42.5 Å². The lowest BCUT2D eigenvalue weighted by Crippen LogP contribution is -2.61. The first kappa shape index (κ1) is 61.5. The van der Waals surface area contributed by atoms with E-state index in [1.54, 1.807) is 48.5 Å². The lowest BCUT2D eigenvalue weighted by Gasteiger charge is -2.27. The lowest BCUT2D eigenvalue weighted by molar-refractivity contribution is -0.142. The average Bonchev–Trinajstić information content (AvgIpc) is 3.33. The number of carbonyl (C=O) groups excluding carboxylic acids is 9. The highest BCUT2D eigenvalue weighted by atomic mass is 32.2. The summed E-state index contributed by atoms with van der Waals surface area (Å²) in [6, 6.07) is 1.87. The van der Waals surface area contributed by atoms with Crippen molar-refractivity contribution >= 4 is 101 Å². The normalized spacial score (nSPS) is 22.7. The molecule has 408 valence electrons. The molecule has 1 heterocycles. The smallest absolute Gasteiger partial charge is 0.305 e. The summed E-state index contributed by atoms with van der Waals surface area (Å²) in [5.41, 5.74) is 7.73. The van der Waals surface area contributed by atoms with Gasteiger partial charge in [-0.2, -0.15) is 11.8 Å². The lowest BCUT2D eigenvalue weighted by atomic mass is 10.0. The number of amides is 9. The van der Waals surface area contributed by atoms with E-state index in [1.807, 2.05) is 0 Å². The highest BCUT2D eigenvalue weighted by Crippen LogP contribution is 2.35. The average molecular weight is 1090 g/mol. The van der Waals surface area contributed by atoms with Crippen LogP contribution in [0.4, 0.5) is 0 Å². The van der Waals surface area contributed by atoms with Crippen molar-refractivity contribution in [3.8, 4) is 11.1 Å². The van der Waals surface area contributed by atoms with E-state index < -0.39 is 177 Å². The number of nitrogens with two attached hydrogens (primary N) is 1. The minimum Gasteiger partial charge on any atom is -0.481 e. The Morgan fingerprint density at radius 3 is 1.65 bits per heavy atom. The van der Waals surface area contributed by atoms with Gasteiger partial charge in [-0.15, -0.1) is 11.8 Å². The molecule has 8 atom stereocenters. The zero-order valence-electron chi connectivity index (χ0n) is 40.5. The predicted molar refractivity (Wildman–Crippen MR) is 265 cm³/mol.